The van der Waals surface area contributed by atoms with Crippen molar-refractivity contribution in [3.8, 4) is 10.8 Å². The van der Waals surface area contributed by atoms with Crippen LogP contribution in [-0.2, 0) is 0 Å². The fraction of sp³-hybridized carbons (Fsp3) is 0.250. The number of rotatable bonds is 5. The second-order valence-electron chi connectivity index (χ2n) is 5.17. The Kier molecular flexibility index (Phi) is 7.69. The molecule has 0 saturated heterocycles. The van der Waals surface area contributed by atoms with E-state index in [1.54, 1.807) is 23.5 Å². The first-order valence-electron chi connectivity index (χ1n) is 7.13. The van der Waals surface area contributed by atoms with E-state index in [2.05, 4.69) is 10.3 Å². The highest BCUT2D eigenvalue weighted by molar-refractivity contribution is 7.21. The summed E-state index contributed by atoms with van der Waals surface area (Å²) in [7, 11) is 0. The third-order valence-electron chi connectivity index (χ3n) is 3.22. The second kappa shape index (κ2) is 9.03. The summed E-state index contributed by atoms with van der Waals surface area (Å²) in [4.78, 5) is 16.5. The highest BCUT2D eigenvalue weighted by Gasteiger charge is 2.14. The van der Waals surface area contributed by atoms with E-state index in [1.807, 2.05) is 31.2 Å². The number of hydrogen-bond donors (Lipinski definition) is 2. The van der Waals surface area contributed by atoms with Crippen LogP contribution in [0.15, 0.2) is 40.8 Å². The van der Waals surface area contributed by atoms with Crippen molar-refractivity contribution in [3.05, 3.63) is 42.2 Å². The Hall–Kier alpha value is -1.60. The zero-order valence-electron chi connectivity index (χ0n) is 13.0. The van der Waals surface area contributed by atoms with Crippen LogP contribution >= 0.6 is 36.2 Å². The molecule has 24 heavy (non-hydrogen) atoms. The zero-order valence-corrected chi connectivity index (χ0v) is 15.5. The smallest absolute Gasteiger partial charge is 0.287 e. The number of amides is 1. The van der Waals surface area contributed by atoms with Crippen molar-refractivity contribution >= 4 is 52.3 Å². The lowest BCUT2D eigenvalue weighted by atomic mass is 10.2. The summed E-state index contributed by atoms with van der Waals surface area (Å²) in [5.74, 6) is 0.672. The van der Waals surface area contributed by atoms with Gasteiger partial charge in [0, 0.05) is 12.6 Å². The Labute approximate surface area is 156 Å². The first-order valence-corrected chi connectivity index (χ1v) is 7.94. The molecule has 0 fully saturated rings. The highest BCUT2D eigenvalue weighted by Crippen LogP contribution is 2.31. The number of halogens is 2. The Morgan fingerprint density at radius 3 is 2.75 bits per heavy atom. The minimum absolute atomic E-state index is 0. The van der Waals surface area contributed by atoms with Crippen molar-refractivity contribution in [2.24, 2.45) is 5.73 Å². The van der Waals surface area contributed by atoms with E-state index in [9.17, 15) is 4.79 Å². The van der Waals surface area contributed by atoms with Crippen LogP contribution in [0.3, 0.4) is 0 Å². The Bertz CT molecular complexity index is 768. The summed E-state index contributed by atoms with van der Waals surface area (Å²) >= 11 is 1.54. The predicted octanol–water partition coefficient (Wildman–Crippen LogP) is 3.87. The topological polar surface area (TPSA) is 81.1 Å². The molecule has 1 atom stereocenters. The fourth-order valence-corrected chi connectivity index (χ4v) is 2.98. The van der Waals surface area contributed by atoms with Crippen LogP contribution in [0.4, 0.5) is 0 Å². The minimum atomic E-state index is -0.229. The van der Waals surface area contributed by atoms with Gasteiger partial charge in [-0.25, -0.2) is 4.98 Å². The number of benzene rings is 1. The van der Waals surface area contributed by atoms with Crippen LogP contribution in [0, 0.1) is 0 Å². The molecule has 5 nitrogen and oxygen atoms in total. The molecule has 3 rings (SSSR count). The van der Waals surface area contributed by atoms with Crippen molar-refractivity contribution in [3.63, 3.8) is 0 Å². The normalized spacial score (nSPS) is 11.4. The number of para-hydroxylation sites is 1. The minimum Gasteiger partial charge on any atom is -0.448 e. The molecule has 2 heterocycles. The number of thiazole rings is 1. The van der Waals surface area contributed by atoms with Gasteiger partial charge in [0.15, 0.2) is 16.5 Å². The lowest BCUT2D eigenvalue weighted by molar-refractivity contribution is 0.0926. The van der Waals surface area contributed by atoms with Gasteiger partial charge in [-0.05, 0) is 37.6 Å². The van der Waals surface area contributed by atoms with Gasteiger partial charge in [0.1, 0.15) is 0 Å². The van der Waals surface area contributed by atoms with E-state index < -0.39 is 0 Å². The molecule has 0 saturated carbocycles. The lowest BCUT2D eigenvalue weighted by Gasteiger charge is -2.05. The number of nitrogens with one attached hydrogen (secondary N) is 1. The molecule has 8 heteroatoms. The van der Waals surface area contributed by atoms with E-state index in [1.165, 1.54) is 0 Å². The van der Waals surface area contributed by atoms with Gasteiger partial charge in [-0.2, -0.15) is 0 Å². The van der Waals surface area contributed by atoms with E-state index in [0.29, 0.717) is 18.1 Å². The average molecular weight is 388 g/mol. The van der Waals surface area contributed by atoms with E-state index in [-0.39, 0.29) is 36.8 Å². The molecule has 130 valence electrons. The maximum absolute atomic E-state index is 12.0. The van der Waals surface area contributed by atoms with Gasteiger partial charge in [0.05, 0.1) is 10.2 Å². The molecule has 0 aliphatic carbocycles. The van der Waals surface area contributed by atoms with Crippen LogP contribution in [0.25, 0.3) is 21.0 Å². The van der Waals surface area contributed by atoms with Crippen molar-refractivity contribution in [1.82, 2.24) is 10.3 Å². The molecule has 0 bridgehead atoms. The monoisotopic (exact) mass is 387 g/mol. The van der Waals surface area contributed by atoms with Gasteiger partial charge in [-0.1, -0.05) is 12.1 Å². The van der Waals surface area contributed by atoms with Crippen LogP contribution in [-0.4, -0.2) is 23.5 Å². The van der Waals surface area contributed by atoms with Crippen molar-refractivity contribution in [2.75, 3.05) is 6.54 Å². The molecule has 1 unspecified atom stereocenters. The molecule has 0 aliphatic rings. The Morgan fingerprint density at radius 2 is 2.04 bits per heavy atom. The number of carbonyl (C=O) groups is 1. The number of nitrogens with two attached hydrogens (primary N) is 1. The molecule has 3 N–H and O–H groups in total. The van der Waals surface area contributed by atoms with Gasteiger partial charge in [-0.15, -0.1) is 36.2 Å². The molecule has 1 amide bonds. The summed E-state index contributed by atoms with van der Waals surface area (Å²) in [6.45, 7) is 2.44. The van der Waals surface area contributed by atoms with Crippen LogP contribution in [0.5, 0.6) is 0 Å². The molecular weight excluding hydrogens is 369 g/mol. The van der Waals surface area contributed by atoms with Crippen LogP contribution in [0.1, 0.15) is 23.9 Å². The quantitative estimate of drug-likeness (QED) is 0.695. The first kappa shape index (κ1) is 20.4. The molecule has 3 aromatic rings. The molecular formula is C16H19Cl2N3O2S. The second-order valence-corrected chi connectivity index (χ2v) is 6.20. The summed E-state index contributed by atoms with van der Waals surface area (Å²) in [5, 5.41) is 3.57. The average Bonchev–Trinajstić information content (AvgIpc) is 3.13. The maximum Gasteiger partial charge on any atom is 0.287 e. The van der Waals surface area contributed by atoms with Crippen LogP contribution < -0.4 is 11.1 Å². The number of nitrogens with zero attached hydrogens (tertiary/aromatic N) is 1. The number of aromatic nitrogens is 1. The van der Waals surface area contributed by atoms with Gasteiger partial charge in [-0.3, -0.25) is 4.79 Å². The van der Waals surface area contributed by atoms with Crippen molar-refractivity contribution in [1.29, 1.82) is 0 Å². The standard InChI is InChI=1S/C16H17N3O2S.2ClH/c1-10(17)8-9-18-15(20)12-6-7-13(21-12)16-19-11-4-2-3-5-14(11)22-16;;/h2-7,10H,8-9,17H2,1H3,(H,18,20);2*1H. The van der Waals surface area contributed by atoms with Gasteiger partial charge in [0.2, 0.25) is 0 Å². The van der Waals surface area contributed by atoms with Gasteiger partial charge >= 0.3 is 0 Å². The first-order chi connectivity index (χ1) is 10.6. The van der Waals surface area contributed by atoms with Crippen LogP contribution in [0.2, 0.25) is 0 Å². The van der Waals surface area contributed by atoms with Gasteiger partial charge in [0.25, 0.3) is 5.91 Å². The molecule has 0 aliphatic heterocycles. The summed E-state index contributed by atoms with van der Waals surface area (Å²) in [6, 6.07) is 11.4. The summed E-state index contributed by atoms with van der Waals surface area (Å²) in [5.41, 5.74) is 6.58. The van der Waals surface area contributed by atoms with E-state index >= 15 is 0 Å². The fourth-order valence-electron chi connectivity index (χ4n) is 2.05. The number of carbonyl (C=O) groups excluding carboxylic acids is 1. The Balaban J connectivity index is 0.00000144. The highest BCUT2D eigenvalue weighted by atomic mass is 35.5. The summed E-state index contributed by atoms with van der Waals surface area (Å²) in [6.07, 6.45) is 0.733. The number of fused-ring (bicyclic) bond motifs is 1. The van der Waals surface area contributed by atoms with Gasteiger partial charge < -0.3 is 15.5 Å². The van der Waals surface area contributed by atoms with Crippen molar-refractivity contribution in [2.45, 2.75) is 19.4 Å². The molecule has 2 aromatic heterocycles. The zero-order chi connectivity index (χ0) is 15.5. The molecule has 1 aromatic carbocycles. The predicted molar refractivity (Wildman–Crippen MR) is 102 cm³/mol. The molecule has 0 radical (unpaired) electrons. The molecule has 0 spiro atoms. The summed E-state index contributed by atoms with van der Waals surface area (Å²) < 4.78 is 6.72. The number of furan rings is 1. The third kappa shape index (κ3) is 4.70. The Morgan fingerprint density at radius 1 is 1.29 bits per heavy atom. The van der Waals surface area contributed by atoms with E-state index in [4.69, 9.17) is 10.2 Å². The SMILES string of the molecule is CC(N)CCNC(=O)c1ccc(-c2nc3ccccc3s2)o1.Cl.Cl. The largest absolute Gasteiger partial charge is 0.448 e. The van der Waals surface area contributed by atoms with Crippen molar-refractivity contribution < 1.29 is 9.21 Å². The lowest BCUT2D eigenvalue weighted by Crippen LogP contribution is -2.28. The maximum atomic E-state index is 12.0. The number of hydrogen-bond acceptors (Lipinski definition) is 5. The van der Waals surface area contributed by atoms with E-state index in [0.717, 1.165) is 21.6 Å². The third-order valence-corrected chi connectivity index (χ3v) is 4.27.